The van der Waals surface area contributed by atoms with Crippen molar-refractivity contribution in [1.29, 1.82) is 0 Å². The lowest BCUT2D eigenvalue weighted by atomic mass is 10.1. The molecule has 4 nitrogen and oxygen atoms in total. The van der Waals surface area contributed by atoms with Gasteiger partial charge in [-0.2, -0.15) is 0 Å². The number of hydrogen-bond acceptors (Lipinski definition) is 3. The zero-order valence-corrected chi connectivity index (χ0v) is 14.2. The van der Waals surface area contributed by atoms with Gasteiger partial charge in [0, 0.05) is 30.6 Å². The van der Waals surface area contributed by atoms with Crippen LogP contribution in [0.1, 0.15) is 17.5 Å². The van der Waals surface area contributed by atoms with Crippen LogP contribution >= 0.6 is 0 Å². The second-order valence-electron chi connectivity index (χ2n) is 5.85. The number of carbonyl (C=O) groups excluding carboxylic acids is 1. The van der Waals surface area contributed by atoms with Crippen molar-refractivity contribution in [1.82, 2.24) is 4.98 Å². The van der Waals surface area contributed by atoms with E-state index in [1.165, 1.54) is 12.1 Å². The van der Waals surface area contributed by atoms with Crippen LogP contribution in [0.2, 0.25) is 0 Å². The van der Waals surface area contributed by atoms with Crippen molar-refractivity contribution < 1.29 is 13.9 Å². The fourth-order valence-electron chi connectivity index (χ4n) is 2.44. The highest BCUT2D eigenvalue weighted by Crippen LogP contribution is 2.19. The highest BCUT2D eigenvalue weighted by Gasteiger charge is 2.05. The number of nitrogens with zero attached hydrogens (tertiary/aromatic N) is 1. The SMILES string of the molecule is O=C(CCc1cccnc1)Nc1cccc(OCc2ccc(F)cc2)c1. The van der Waals surface area contributed by atoms with Gasteiger partial charge in [0.1, 0.15) is 18.2 Å². The topological polar surface area (TPSA) is 51.2 Å². The molecule has 0 bridgehead atoms. The van der Waals surface area contributed by atoms with E-state index in [0.717, 1.165) is 11.1 Å². The van der Waals surface area contributed by atoms with Crippen molar-refractivity contribution in [3.05, 3.63) is 90.0 Å². The quantitative estimate of drug-likeness (QED) is 0.688. The first-order valence-electron chi connectivity index (χ1n) is 8.35. The molecule has 26 heavy (non-hydrogen) atoms. The highest BCUT2D eigenvalue weighted by molar-refractivity contribution is 5.91. The van der Waals surface area contributed by atoms with Gasteiger partial charge in [-0.25, -0.2) is 4.39 Å². The second-order valence-corrected chi connectivity index (χ2v) is 5.85. The summed E-state index contributed by atoms with van der Waals surface area (Å²) in [6.45, 7) is 0.332. The first-order valence-corrected chi connectivity index (χ1v) is 8.35. The van der Waals surface area contributed by atoms with Crippen molar-refractivity contribution in [2.45, 2.75) is 19.4 Å². The van der Waals surface area contributed by atoms with Crippen molar-refractivity contribution >= 4 is 11.6 Å². The van der Waals surface area contributed by atoms with Crippen LogP contribution < -0.4 is 10.1 Å². The number of hydrogen-bond donors (Lipinski definition) is 1. The monoisotopic (exact) mass is 350 g/mol. The number of anilines is 1. The van der Waals surface area contributed by atoms with Gasteiger partial charge in [-0.3, -0.25) is 9.78 Å². The van der Waals surface area contributed by atoms with Gasteiger partial charge in [-0.05, 0) is 47.9 Å². The molecule has 0 saturated heterocycles. The molecule has 3 rings (SSSR count). The summed E-state index contributed by atoms with van der Waals surface area (Å²) in [6, 6.07) is 17.2. The molecule has 1 aromatic heterocycles. The van der Waals surface area contributed by atoms with Gasteiger partial charge >= 0.3 is 0 Å². The summed E-state index contributed by atoms with van der Waals surface area (Å²) in [6.07, 6.45) is 4.49. The van der Waals surface area contributed by atoms with Gasteiger partial charge in [-0.1, -0.05) is 24.3 Å². The molecule has 0 aliphatic heterocycles. The molecule has 0 spiro atoms. The third-order valence-electron chi connectivity index (χ3n) is 3.80. The van der Waals surface area contributed by atoms with Crippen molar-refractivity contribution in [2.24, 2.45) is 0 Å². The number of nitrogens with one attached hydrogen (secondary N) is 1. The molecule has 2 aromatic carbocycles. The molecule has 3 aromatic rings. The molecule has 0 unspecified atom stereocenters. The number of amides is 1. The van der Waals surface area contributed by atoms with Gasteiger partial charge in [0.25, 0.3) is 0 Å². The Labute approximate surface area is 151 Å². The Balaban J connectivity index is 1.51. The zero-order valence-electron chi connectivity index (χ0n) is 14.2. The summed E-state index contributed by atoms with van der Waals surface area (Å²) in [4.78, 5) is 16.1. The van der Waals surface area contributed by atoms with E-state index in [4.69, 9.17) is 4.74 Å². The van der Waals surface area contributed by atoms with E-state index in [1.54, 1.807) is 30.6 Å². The largest absolute Gasteiger partial charge is 0.489 e. The summed E-state index contributed by atoms with van der Waals surface area (Å²) in [7, 11) is 0. The van der Waals surface area contributed by atoms with Crippen LogP contribution in [0.3, 0.4) is 0 Å². The van der Waals surface area contributed by atoms with Gasteiger partial charge in [0.05, 0.1) is 0 Å². The third kappa shape index (κ3) is 5.41. The second kappa shape index (κ2) is 8.76. The molecule has 0 atom stereocenters. The number of aryl methyl sites for hydroxylation is 1. The number of ether oxygens (including phenoxy) is 1. The number of halogens is 1. The van der Waals surface area contributed by atoms with Gasteiger partial charge in [0.15, 0.2) is 0 Å². The molecule has 0 fully saturated rings. The number of aromatic nitrogens is 1. The van der Waals surface area contributed by atoms with Crippen molar-refractivity contribution in [3.63, 3.8) is 0 Å². The number of benzene rings is 2. The van der Waals surface area contributed by atoms with Crippen molar-refractivity contribution in [2.75, 3.05) is 5.32 Å². The van der Waals surface area contributed by atoms with Gasteiger partial charge < -0.3 is 10.1 Å². The average molecular weight is 350 g/mol. The number of carbonyl (C=O) groups is 1. The Morgan fingerprint density at radius 3 is 2.65 bits per heavy atom. The third-order valence-corrected chi connectivity index (χ3v) is 3.80. The van der Waals surface area contributed by atoms with Crippen LogP contribution in [0, 0.1) is 5.82 Å². The summed E-state index contributed by atoms with van der Waals surface area (Å²) in [5.74, 6) is 0.300. The van der Waals surface area contributed by atoms with Crippen LogP contribution in [0.5, 0.6) is 5.75 Å². The molecule has 0 radical (unpaired) electrons. The standard InChI is InChI=1S/C21H19FN2O2/c22-18-9-6-17(7-10-18)15-26-20-5-1-4-19(13-20)24-21(25)11-8-16-3-2-12-23-14-16/h1-7,9-10,12-14H,8,11,15H2,(H,24,25). The summed E-state index contributed by atoms with van der Waals surface area (Å²) >= 11 is 0. The highest BCUT2D eigenvalue weighted by atomic mass is 19.1. The molecule has 5 heteroatoms. The maximum absolute atomic E-state index is 12.9. The lowest BCUT2D eigenvalue weighted by molar-refractivity contribution is -0.116. The van der Waals surface area contributed by atoms with Gasteiger partial charge in [0.2, 0.25) is 5.91 Å². The normalized spacial score (nSPS) is 10.3. The predicted molar refractivity (Wildman–Crippen MR) is 98.4 cm³/mol. The van der Waals surface area contributed by atoms with E-state index >= 15 is 0 Å². The van der Waals surface area contributed by atoms with E-state index in [-0.39, 0.29) is 11.7 Å². The maximum atomic E-state index is 12.9. The zero-order chi connectivity index (χ0) is 18.2. The fourth-order valence-corrected chi connectivity index (χ4v) is 2.44. The Hall–Kier alpha value is -3.21. The maximum Gasteiger partial charge on any atom is 0.224 e. The molecular weight excluding hydrogens is 331 g/mol. The minimum Gasteiger partial charge on any atom is -0.489 e. The Morgan fingerprint density at radius 1 is 1.04 bits per heavy atom. The van der Waals surface area contributed by atoms with Gasteiger partial charge in [-0.15, -0.1) is 0 Å². The first kappa shape index (κ1) is 17.6. The molecule has 1 N–H and O–H groups in total. The van der Waals surface area contributed by atoms with Crippen molar-refractivity contribution in [3.8, 4) is 5.75 Å². The summed E-state index contributed by atoms with van der Waals surface area (Å²) < 4.78 is 18.6. The number of rotatable bonds is 7. The fraction of sp³-hybridized carbons (Fsp3) is 0.143. The minimum absolute atomic E-state index is 0.0652. The lowest BCUT2D eigenvalue weighted by Crippen LogP contribution is -2.12. The molecule has 1 amide bonds. The first-order chi connectivity index (χ1) is 12.7. The average Bonchev–Trinajstić information content (AvgIpc) is 2.67. The smallest absolute Gasteiger partial charge is 0.224 e. The van der Waals surface area contributed by atoms with E-state index in [0.29, 0.717) is 30.9 Å². The van der Waals surface area contributed by atoms with Crippen LogP contribution in [0.25, 0.3) is 0 Å². The molecule has 0 aliphatic carbocycles. The Kier molecular flexibility index (Phi) is 5.93. The van der Waals surface area contributed by atoms with Crippen LogP contribution in [0.15, 0.2) is 73.1 Å². The Morgan fingerprint density at radius 2 is 1.88 bits per heavy atom. The molecule has 0 saturated carbocycles. The van der Waals surface area contributed by atoms with Crippen LogP contribution in [0.4, 0.5) is 10.1 Å². The van der Waals surface area contributed by atoms with Crippen LogP contribution in [-0.4, -0.2) is 10.9 Å². The molecule has 0 aliphatic rings. The van der Waals surface area contributed by atoms with E-state index in [2.05, 4.69) is 10.3 Å². The molecule has 132 valence electrons. The lowest BCUT2D eigenvalue weighted by Gasteiger charge is -2.09. The van der Waals surface area contributed by atoms with Crippen LogP contribution in [-0.2, 0) is 17.8 Å². The van der Waals surface area contributed by atoms with E-state index < -0.39 is 0 Å². The Bertz CT molecular complexity index is 851. The van der Waals surface area contributed by atoms with E-state index in [9.17, 15) is 9.18 Å². The molecular formula is C21H19FN2O2. The minimum atomic E-state index is -0.273. The predicted octanol–water partition coefficient (Wildman–Crippen LogP) is 4.37. The summed E-state index contributed by atoms with van der Waals surface area (Å²) in [5.41, 5.74) is 2.58. The van der Waals surface area contributed by atoms with E-state index in [1.807, 2.05) is 30.3 Å². The molecule has 1 heterocycles. The number of pyridine rings is 1. The summed E-state index contributed by atoms with van der Waals surface area (Å²) in [5, 5.41) is 2.87.